The number of rotatable bonds is 7. The molecule has 1 N–H and O–H groups in total. The number of benzene rings is 1. The summed E-state index contributed by atoms with van der Waals surface area (Å²) in [5.41, 5.74) is 7.52. The number of nitro groups is 2. The molecule has 1 aliphatic rings. The van der Waals surface area contributed by atoms with Crippen molar-refractivity contribution in [1.82, 2.24) is 0 Å². The smallest absolute Gasteiger partial charge is 0.305 e. The van der Waals surface area contributed by atoms with Crippen molar-refractivity contribution in [2.24, 2.45) is 5.11 Å². The minimum atomic E-state index is -1.06. The van der Waals surface area contributed by atoms with E-state index in [0.29, 0.717) is 12.8 Å². The van der Waals surface area contributed by atoms with Gasteiger partial charge in [0.2, 0.25) is 6.29 Å². The van der Waals surface area contributed by atoms with Crippen molar-refractivity contribution in [3.05, 3.63) is 48.9 Å². The summed E-state index contributed by atoms with van der Waals surface area (Å²) in [4.78, 5) is 34.6. The molecule has 2 rings (SSSR count). The van der Waals surface area contributed by atoms with Gasteiger partial charge in [-0.1, -0.05) is 5.11 Å². The highest BCUT2D eigenvalue weighted by Gasteiger charge is 2.34. The van der Waals surface area contributed by atoms with Crippen molar-refractivity contribution >= 4 is 23.0 Å². The predicted molar refractivity (Wildman–Crippen MR) is 90.8 cm³/mol. The standard InChI is InChI=1S/C14H16N6O7/c1-8(21)26-14-12(5-3-10(27-14)7-16-18-15)17-11-4-2-9(19(22)23)6-13(11)20(24)25/h2,4,6,10,12,14,17H,3,5,7H2,1H3/t10-,12+,14-/m0/s1. The van der Waals surface area contributed by atoms with E-state index in [0.717, 1.165) is 12.1 Å². The SMILES string of the molecule is CC(=O)O[C@H]1O[C@H](CN=[N+]=[N-])CC[C@H]1Nc1ccc([N+](=O)[O-])cc1[N+](=O)[O-]. The number of anilines is 1. The number of carbonyl (C=O) groups excluding carboxylic acids is 1. The van der Waals surface area contributed by atoms with Crippen LogP contribution < -0.4 is 5.32 Å². The molecular formula is C14H16N6O7. The van der Waals surface area contributed by atoms with Crippen molar-refractivity contribution < 1.29 is 24.1 Å². The molecule has 1 saturated heterocycles. The van der Waals surface area contributed by atoms with Crippen LogP contribution in [0.25, 0.3) is 10.4 Å². The van der Waals surface area contributed by atoms with Gasteiger partial charge in [-0.25, -0.2) is 0 Å². The molecule has 27 heavy (non-hydrogen) atoms. The van der Waals surface area contributed by atoms with Crippen LogP contribution in [-0.4, -0.2) is 40.8 Å². The molecule has 0 saturated carbocycles. The molecule has 0 unspecified atom stereocenters. The van der Waals surface area contributed by atoms with Crippen molar-refractivity contribution in [3.8, 4) is 0 Å². The molecule has 0 radical (unpaired) electrons. The number of nitrogens with zero attached hydrogens (tertiary/aromatic N) is 5. The summed E-state index contributed by atoms with van der Waals surface area (Å²) in [6.07, 6.45) is -0.674. The Bertz CT molecular complexity index is 794. The van der Waals surface area contributed by atoms with E-state index in [4.69, 9.17) is 15.0 Å². The van der Waals surface area contributed by atoms with E-state index in [-0.39, 0.29) is 12.2 Å². The Morgan fingerprint density at radius 1 is 1.41 bits per heavy atom. The van der Waals surface area contributed by atoms with Crippen molar-refractivity contribution in [2.75, 3.05) is 11.9 Å². The number of azide groups is 1. The highest BCUT2D eigenvalue weighted by molar-refractivity contribution is 5.67. The van der Waals surface area contributed by atoms with Gasteiger partial charge in [0.1, 0.15) is 5.69 Å². The molecule has 1 aliphatic heterocycles. The van der Waals surface area contributed by atoms with Crippen LogP contribution in [0.1, 0.15) is 19.8 Å². The van der Waals surface area contributed by atoms with Crippen LogP contribution in [0, 0.1) is 20.2 Å². The van der Waals surface area contributed by atoms with Gasteiger partial charge in [0.15, 0.2) is 0 Å². The lowest BCUT2D eigenvalue weighted by molar-refractivity contribution is -0.393. The van der Waals surface area contributed by atoms with E-state index < -0.39 is 45.6 Å². The Morgan fingerprint density at radius 3 is 2.74 bits per heavy atom. The van der Waals surface area contributed by atoms with E-state index in [1.807, 2.05) is 0 Å². The number of non-ortho nitro benzene ring substituents is 1. The number of ether oxygens (including phenoxy) is 2. The average molecular weight is 380 g/mol. The van der Waals surface area contributed by atoms with Gasteiger partial charge in [0, 0.05) is 17.9 Å². The van der Waals surface area contributed by atoms with Crippen LogP contribution in [0.2, 0.25) is 0 Å². The number of hydrogen-bond donors (Lipinski definition) is 1. The zero-order chi connectivity index (χ0) is 20.0. The monoisotopic (exact) mass is 380 g/mol. The Labute approximate surface area is 152 Å². The molecular weight excluding hydrogens is 364 g/mol. The minimum absolute atomic E-state index is 0.0323. The molecule has 0 spiro atoms. The maximum atomic E-state index is 11.3. The summed E-state index contributed by atoms with van der Waals surface area (Å²) in [5.74, 6) is -0.616. The first-order valence-electron chi connectivity index (χ1n) is 7.84. The fourth-order valence-corrected chi connectivity index (χ4v) is 2.64. The zero-order valence-corrected chi connectivity index (χ0v) is 14.2. The van der Waals surface area contributed by atoms with E-state index in [1.165, 1.54) is 13.0 Å². The summed E-state index contributed by atoms with van der Waals surface area (Å²) in [7, 11) is 0. The molecule has 0 amide bonds. The molecule has 1 aromatic carbocycles. The lowest BCUT2D eigenvalue weighted by atomic mass is 10.0. The third kappa shape index (κ3) is 5.26. The van der Waals surface area contributed by atoms with E-state index in [9.17, 15) is 25.0 Å². The van der Waals surface area contributed by atoms with Gasteiger partial charge in [-0.05, 0) is 24.4 Å². The maximum Gasteiger partial charge on any atom is 0.305 e. The third-order valence-corrected chi connectivity index (χ3v) is 3.82. The summed E-state index contributed by atoms with van der Waals surface area (Å²) >= 11 is 0. The first-order chi connectivity index (χ1) is 12.8. The fourth-order valence-electron chi connectivity index (χ4n) is 2.64. The predicted octanol–water partition coefficient (Wildman–Crippen LogP) is 2.66. The van der Waals surface area contributed by atoms with Crippen molar-refractivity contribution in [2.45, 2.75) is 38.2 Å². The molecule has 3 atom stereocenters. The largest absolute Gasteiger partial charge is 0.434 e. The van der Waals surface area contributed by atoms with E-state index in [2.05, 4.69) is 15.3 Å². The van der Waals surface area contributed by atoms with Gasteiger partial charge in [-0.3, -0.25) is 25.0 Å². The van der Waals surface area contributed by atoms with Crippen molar-refractivity contribution in [1.29, 1.82) is 0 Å². The molecule has 0 aromatic heterocycles. The average Bonchev–Trinajstić information content (AvgIpc) is 2.61. The van der Waals surface area contributed by atoms with Crippen LogP contribution in [0.3, 0.4) is 0 Å². The number of nitro benzene ring substituents is 2. The molecule has 13 nitrogen and oxygen atoms in total. The maximum absolute atomic E-state index is 11.3. The molecule has 144 valence electrons. The lowest BCUT2D eigenvalue weighted by Gasteiger charge is -2.35. The van der Waals surface area contributed by atoms with Gasteiger partial charge < -0.3 is 14.8 Å². The summed E-state index contributed by atoms with van der Waals surface area (Å²) in [6, 6.07) is 2.56. The highest BCUT2D eigenvalue weighted by Crippen LogP contribution is 2.32. The summed E-state index contributed by atoms with van der Waals surface area (Å²) in [6.45, 7) is 1.24. The normalized spacial score (nSPS) is 21.6. The zero-order valence-electron chi connectivity index (χ0n) is 14.2. The topological polar surface area (TPSA) is 183 Å². The van der Waals surface area contributed by atoms with E-state index >= 15 is 0 Å². The number of nitrogens with one attached hydrogen (secondary N) is 1. The Balaban J connectivity index is 2.23. The number of carbonyl (C=O) groups is 1. The summed E-state index contributed by atoms with van der Waals surface area (Å²) < 4.78 is 10.7. The summed E-state index contributed by atoms with van der Waals surface area (Å²) in [5, 5.41) is 28.4. The van der Waals surface area contributed by atoms with Gasteiger partial charge in [0.05, 0.1) is 34.6 Å². The molecule has 13 heteroatoms. The van der Waals surface area contributed by atoms with Gasteiger partial charge in [0.25, 0.3) is 11.4 Å². The second-order valence-corrected chi connectivity index (χ2v) is 5.69. The second-order valence-electron chi connectivity index (χ2n) is 5.69. The first kappa shape index (κ1) is 19.9. The number of hydrogen-bond acceptors (Lipinski definition) is 9. The Hall–Kier alpha value is -3.44. The molecule has 1 aromatic rings. The van der Waals surface area contributed by atoms with Crippen LogP contribution in [-0.2, 0) is 14.3 Å². The molecule has 1 heterocycles. The fraction of sp³-hybridized carbons (Fsp3) is 0.500. The highest BCUT2D eigenvalue weighted by atomic mass is 16.7. The lowest BCUT2D eigenvalue weighted by Crippen LogP contribution is -2.46. The van der Waals surface area contributed by atoms with Gasteiger partial charge >= 0.3 is 5.97 Å². The Kier molecular flexibility index (Phi) is 6.46. The molecule has 0 aliphatic carbocycles. The molecule has 1 fully saturated rings. The first-order valence-corrected chi connectivity index (χ1v) is 7.84. The van der Waals surface area contributed by atoms with Crippen molar-refractivity contribution in [3.63, 3.8) is 0 Å². The second kappa shape index (κ2) is 8.78. The minimum Gasteiger partial charge on any atom is -0.434 e. The van der Waals surface area contributed by atoms with Gasteiger partial charge in [-0.2, -0.15) is 0 Å². The number of esters is 1. The van der Waals surface area contributed by atoms with Crippen LogP contribution >= 0.6 is 0 Å². The molecule has 0 bridgehead atoms. The van der Waals surface area contributed by atoms with Crippen LogP contribution in [0.15, 0.2) is 23.3 Å². The van der Waals surface area contributed by atoms with Crippen LogP contribution in [0.5, 0.6) is 0 Å². The van der Waals surface area contributed by atoms with Gasteiger partial charge in [-0.15, -0.1) is 0 Å². The Morgan fingerprint density at radius 2 is 2.15 bits per heavy atom. The van der Waals surface area contributed by atoms with E-state index in [1.54, 1.807) is 0 Å². The quantitative estimate of drug-likeness (QED) is 0.187. The third-order valence-electron chi connectivity index (χ3n) is 3.82. The van der Waals surface area contributed by atoms with Crippen LogP contribution in [0.4, 0.5) is 17.1 Å².